The van der Waals surface area contributed by atoms with Gasteiger partial charge in [0.25, 0.3) is 20.4 Å². The molecule has 19 heteroatoms. The number of nitrogens with two attached hydrogens (primary N) is 2. The van der Waals surface area contributed by atoms with Crippen LogP contribution in [0, 0.1) is 5.82 Å². The van der Waals surface area contributed by atoms with Gasteiger partial charge >= 0.3 is 0 Å². The summed E-state index contributed by atoms with van der Waals surface area (Å²) in [4.78, 5) is 4.10. The number of nitrogens with one attached hydrogen (secondary N) is 2. The molecular weight excluding hydrogens is 553 g/mol. The molecule has 1 aliphatic heterocycles. The van der Waals surface area contributed by atoms with Crippen molar-refractivity contribution in [3.05, 3.63) is 34.2 Å². The summed E-state index contributed by atoms with van der Waals surface area (Å²) in [7, 11) is -8.08. The van der Waals surface area contributed by atoms with Crippen LogP contribution in [0.5, 0.6) is 0 Å². The molecule has 0 saturated carbocycles. The first-order valence-electron chi connectivity index (χ1n) is 8.98. The van der Waals surface area contributed by atoms with Crippen molar-refractivity contribution < 1.29 is 31.1 Å². The van der Waals surface area contributed by atoms with Gasteiger partial charge in [-0.05, 0) is 44.4 Å². The maximum absolute atomic E-state index is 13.4. The zero-order chi connectivity index (χ0) is 24.4. The molecule has 1 fully saturated rings. The van der Waals surface area contributed by atoms with Gasteiger partial charge in [-0.3, -0.25) is 10.7 Å². The number of amidine groups is 1. The molecule has 0 aliphatic carbocycles. The van der Waals surface area contributed by atoms with Crippen LogP contribution in [-0.2, 0) is 20.4 Å². The van der Waals surface area contributed by atoms with Crippen LogP contribution in [0.15, 0.2) is 32.3 Å². The molecule has 1 saturated heterocycles. The van der Waals surface area contributed by atoms with E-state index in [4.69, 9.17) is 10.3 Å². The minimum absolute atomic E-state index is 0.00520. The molecule has 2 heterocycles. The summed E-state index contributed by atoms with van der Waals surface area (Å²) in [5.41, 5.74) is 2.06. The molecule has 1 aromatic heterocycles. The van der Waals surface area contributed by atoms with Crippen LogP contribution in [0.1, 0.15) is 5.69 Å². The highest BCUT2D eigenvalue weighted by Gasteiger charge is 2.41. The summed E-state index contributed by atoms with van der Waals surface area (Å²) in [6.07, 6.45) is 0. The first-order chi connectivity index (χ1) is 15.4. The molecule has 3 rings (SSSR count). The smallest absolute Gasteiger partial charge is 0.277 e. The van der Waals surface area contributed by atoms with Gasteiger partial charge in [0.15, 0.2) is 11.5 Å². The number of hydroxylamine groups is 1. The van der Waals surface area contributed by atoms with Crippen LogP contribution < -0.4 is 21.1 Å². The lowest BCUT2D eigenvalue weighted by Crippen LogP contribution is -2.64. The first kappa shape index (κ1) is 25.4. The maximum Gasteiger partial charge on any atom is 0.277 e. The number of anilines is 1. The van der Waals surface area contributed by atoms with E-state index in [9.17, 15) is 26.4 Å². The van der Waals surface area contributed by atoms with E-state index >= 15 is 0 Å². The molecule has 0 atom stereocenters. The van der Waals surface area contributed by atoms with E-state index in [0.29, 0.717) is 0 Å². The number of aliphatic imine (C=N–C) groups is 1. The second kappa shape index (κ2) is 9.93. The highest BCUT2D eigenvalue weighted by molar-refractivity contribution is 9.10. The first-order valence-corrected chi connectivity index (χ1v) is 12.8. The molecule has 0 amide bonds. The Labute approximate surface area is 196 Å². The zero-order valence-electron chi connectivity index (χ0n) is 16.6. The fraction of sp³-hybridized carbons (Fsp3) is 0.357. The summed E-state index contributed by atoms with van der Waals surface area (Å²) in [5.74, 6) is -0.690. The third kappa shape index (κ3) is 6.20. The van der Waals surface area contributed by atoms with Crippen LogP contribution in [0.25, 0.3) is 0 Å². The van der Waals surface area contributed by atoms with E-state index in [1.165, 1.54) is 12.1 Å². The monoisotopic (exact) mass is 571 g/mol. The number of aromatic nitrogens is 2. The fourth-order valence-corrected chi connectivity index (χ4v) is 4.90. The number of rotatable bonds is 9. The van der Waals surface area contributed by atoms with E-state index in [0.717, 1.165) is 14.7 Å². The number of halogens is 2. The Bertz CT molecular complexity index is 1250. The molecule has 0 unspecified atom stereocenters. The molecule has 33 heavy (non-hydrogen) atoms. The molecular formula is C14H19BrFN9O6S2. The summed E-state index contributed by atoms with van der Waals surface area (Å²) in [6, 6.07) is 3.19. The fourth-order valence-electron chi connectivity index (χ4n) is 2.88. The molecule has 1 aliphatic rings. The van der Waals surface area contributed by atoms with Crippen LogP contribution in [0.4, 0.5) is 15.9 Å². The molecule has 7 N–H and O–H groups in total. The quantitative estimate of drug-likeness (QED) is 0.138. The van der Waals surface area contributed by atoms with Gasteiger partial charge in [0.1, 0.15) is 5.82 Å². The van der Waals surface area contributed by atoms with Crippen LogP contribution in [0.3, 0.4) is 0 Å². The van der Waals surface area contributed by atoms with Crippen LogP contribution in [0.2, 0.25) is 0 Å². The van der Waals surface area contributed by atoms with Crippen molar-refractivity contribution in [2.45, 2.75) is 6.04 Å². The Balaban J connectivity index is 1.69. The average Bonchev–Trinajstić information content (AvgIpc) is 3.13. The van der Waals surface area contributed by atoms with E-state index in [-0.39, 0.29) is 53.7 Å². The molecule has 1 aromatic carbocycles. The van der Waals surface area contributed by atoms with Gasteiger partial charge < -0.3 is 5.32 Å². The molecule has 0 bridgehead atoms. The number of hydrogen-bond acceptors (Lipinski definition) is 10. The predicted molar refractivity (Wildman–Crippen MR) is 116 cm³/mol. The van der Waals surface area contributed by atoms with Crippen LogP contribution >= 0.6 is 15.9 Å². The Morgan fingerprint density at radius 3 is 2.61 bits per heavy atom. The van der Waals surface area contributed by atoms with Gasteiger partial charge in [-0.25, -0.2) is 24.3 Å². The summed E-state index contributed by atoms with van der Waals surface area (Å²) in [5, 5.41) is 29.8. The number of benzene rings is 1. The minimum Gasteiger partial charge on any atom is -0.364 e. The maximum atomic E-state index is 13.4. The standard InChI is InChI=1S/C14H19BrFN9O6S2/c15-10-5-8(1-2-11(10)16)20-14(21-26)12-13(23-31-22-12)19-3-4-25(33(18,29)30)9-6-24(7-9)32(17,27)28/h1-2,5,9,26H,3-4,6-7H2,(H,19,23)(H,20,21)(H2,17,27,28)(H2,18,29,30). The summed E-state index contributed by atoms with van der Waals surface area (Å²) < 4.78 is 66.5. The van der Waals surface area contributed by atoms with Crippen molar-refractivity contribution in [1.29, 1.82) is 0 Å². The third-order valence-corrected chi connectivity index (χ3v) is 7.27. The van der Waals surface area contributed by atoms with Gasteiger partial charge in [0.2, 0.25) is 5.82 Å². The largest absolute Gasteiger partial charge is 0.364 e. The topological polar surface area (TPSA) is 222 Å². The minimum atomic E-state index is -4.15. The summed E-state index contributed by atoms with van der Waals surface area (Å²) in [6.45, 7) is -0.461. The van der Waals surface area contributed by atoms with Crippen molar-refractivity contribution in [1.82, 2.24) is 24.4 Å². The van der Waals surface area contributed by atoms with Gasteiger partial charge in [-0.15, -0.1) is 0 Å². The van der Waals surface area contributed by atoms with Gasteiger partial charge in [0.05, 0.1) is 16.2 Å². The lowest BCUT2D eigenvalue weighted by atomic mass is 10.2. The van der Waals surface area contributed by atoms with Crippen molar-refractivity contribution in [3.8, 4) is 0 Å². The van der Waals surface area contributed by atoms with Crippen molar-refractivity contribution in [2.24, 2.45) is 15.3 Å². The highest BCUT2D eigenvalue weighted by Crippen LogP contribution is 2.23. The van der Waals surface area contributed by atoms with E-state index in [1.54, 1.807) is 0 Å². The van der Waals surface area contributed by atoms with Crippen molar-refractivity contribution >= 4 is 53.7 Å². The molecule has 0 spiro atoms. The molecule has 0 radical (unpaired) electrons. The zero-order valence-corrected chi connectivity index (χ0v) is 19.8. The van der Waals surface area contributed by atoms with Gasteiger partial charge in [-0.1, -0.05) is 0 Å². The normalized spacial score (nSPS) is 16.1. The Hall–Kier alpha value is -2.26. The second-order valence-electron chi connectivity index (χ2n) is 6.73. The Morgan fingerprint density at radius 1 is 1.33 bits per heavy atom. The Morgan fingerprint density at radius 2 is 2.03 bits per heavy atom. The Kier molecular flexibility index (Phi) is 7.63. The molecule has 15 nitrogen and oxygen atoms in total. The van der Waals surface area contributed by atoms with Crippen LogP contribution in [-0.4, -0.2) is 79.0 Å². The second-order valence-corrected chi connectivity index (χ2v) is 10.6. The predicted octanol–water partition coefficient (Wildman–Crippen LogP) is -1.17. The lowest BCUT2D eigenvalue weighted by molar-refractivity contribution is 0.157. The van der Waals surface area contributed by atoms with Gasteiger partial charge in [-0.2, -0.15) is 25.4 Å². The van der Waals surface area contributed by atoms with E-state index in [2.05, 4.69) is 41.2 Å². The van der Waals surface area contributed by atoms with E-state index in [1.807, 2.05) is 5.48 Å². The highest BCUT2D eigenvalue weighted by atomic mass is 79.9. The van der Waals surface area contributed by atoms with Crippen molar-refractivity contribution in [2.75, 3.05) is 31.5 Å². The third-order valence-electron chi connectivity index (χ3n) is 4.51. The molecule has 2 aromatic rings. The van der Waals surface area contributed by atoms with Gasteiger partial charge in [0, 0.05) is 26.2 Å². The number of hydrogen-bond donors (Lipinski definition) is 5. The summed E-state index contributed by atoms with van der Waals surface area (Å²) >= 11 is 3.03. The SMILES string of the molecule is NS(=O)(=O)N1CC(N(CCNc2nonc2C(=Nc2ccc(F)c(Br)c2)NO)S(N)(=O)=O)C1. The van der Waals surface area contributed by atoms with Crippen molar-refractivity contribution in [3.63, 3.8) is 0 Å². The average molecular weight is 572 g/mol. The number of nitrogens with zero attached hydrogens (tertiary/aromatic N) is 5. The molecule has 182 valence electrons. The lowest BCUT2D eigenvalue weighted by Gasteiger charge is -2.41. The van der Waals surface area contributed by atoms with E-state index < -0.39 is 32.3 Å².